The zero-order valence-electron chi connectivity index (χ0n) is 14.3. The fourth-order valence-electron chi connectivity index (χ4n) is 2.62. The van der Waals surface area contributed by atoms with Gasteiger partial charge in [0.05, 0.1) is 23.6 Å². The molecule has 1 aliphatic heterocycles. The number of nitrogens with zero attached hydrogens (tertiary/aromatic N) is 1. The lowest BCUT2D eigenvalue weighted by Crippen LogP contribution is -2.34. The molecule has 1 heterocycles. The van der Waals surface area contributed by atoms with Crippen LogP contribution in [-0.2, 0) is 14.3 Å². The quantitative estimate of drug-likeness (QED) is 0.750. The molecule has 2 amide bonds. The van der Waals surface area contributed by atoms with Gasteiger partial charge in [0.15, 0.2) is 0 Å². The lowest BCUT2D eigenvalue weighted by Gasteiger charge is -2.14. The summed E-state index contributed by atoms with van der Waals surface area (Å²) >= 11 is 1.45. The molecule has 0 bridgehead atoms. The van der Waals surface area contributed by atoms with Crippen molar-refractivity contribution in [3.63, 3.8) is 0 Å². The van der Waals surface area contributed by atoms with Crippen LogP contribution in [0.2, 0.25) is 0 Å². The molecular weight excluding hydrogens is 310 g/mol. The smallest absolute Gasteiger partial charge is 0.268 e. The van der Waals surface area contributed by atoms with Gasteiger partial charge in [-0.05, 0) is 25.0 Å². The van der Waals surface area contributed by atoms with Gasteiger partial charge in [0.1, 0.15) is 0 Å². The molecule has 0 aromatic heterocycles. The molecule has 0 radical (unpaired) electrons. The van der Waals surface area contributed by atoms with Crippen molar-refractivity contribution in [3.8, 4) is 0 Å². The Morgan fingerprint density at radius 3 is 2.43 bits per heavy atom. The topological polar surface area (TPSA) is 46.6 Å². The van der Waals surface area contributed by atoms with Crippen LogP contribution in [0.5, 0.6) is 0 Å². The molecule has 1 aromatic carbocycles. The first kappa shape index (κ1) is 17.8. The summed E-state index contributed by atoms with van der Waals surface area (Å²) in [4.78, 5) is 27.4. The van der Waals surface area contributed by atoms with E-state index in [1.165, 1.54) is 16.7 Å². The summed E-state index contributed by atoms with van der Waals surface area (Å²) in [7, 11) is 1.56. The number of carbonyl (C=O) groups excluding carboxylic acids is 2. The third-order valence-electron chi connectivity index (χ3n) is 3.65. The van der Waals surface area contributed by atoms with Gasteiger partial charge in [-0.15, -0.1) is 11.8 Å². The SMILES string of the molecule is COCCN1C(=O)C(SC(C)C)=C(c2ccc(C)cc2C)C1=O. The molecule has 0 unspecified atom stereocenters. The van der Waals surface area contributed by atoms with Gasteiger partial charge in [-0.25, -0.2) is 0 Å². The Kier molecular flexibility index (Phi) is 5.65. The third-order valence-corrected chi connectivity index (χ3v) is 4.74. The highest BCUT2D eigenvalue weighted by atomic mass is 32.2. The molecule has 124 valence electrons. The third kappa shape index (κ3) is 3.67. The van der Waals surface area contributed by atoms with Gasteiger partial charge in [-0.3, -0.25) is 14.5 Å². The number of amides is 2. The van der Waals surface area contributed by atoms with Crippen LogP contribution < -0.4 is 0 Å². The van der Waals surface area contributed by atoms with Crippen LogP contribution in [0.15, 0.2) is 23.1 Å². The van der Waals surface area contributed by atoms with Crippen molar-refractivity contribution in [3.05, 3.63) is 39.8 Å². The van der Waals surface area contributed by atoms with E-state index in [1.807, 2.05) is 45.9 Å². The van der Waals surface area contributed by atoms with Crippen molar-refractivity contribution in [1.29, 1.82) is 0 Å². The van der Waals surface area contributed by atoms with Crippen LogP contribution >= 0.6 is 11.8 Å². The largest absolute Gasteiger partial charge is 0.383 e. The molecule has 4 nitrogen and oxygen atoms in total. The van der Waals surface area contributed by atoms with E-state index in [4.69, 9.17) is 4.74 Å². The van der Waals surface area contributed by atoms with Crippen molar-refractivity contribution in [2.45, 2.75) is 32.9 Å². The van der Waals surface area contributed by atoms with Crippen LogP contribution in [0.25, 0.3) is 5.57 Å². The van der Waals surface area contributed by atoms with Crippen LogP contribution in [0, 0.1) is 13.8 Å². The van der Waals surface area contributed by atoms with Crippen LogP contribution in [-0.4, -0.2) is 42.2 Å². The molecule has 0 fully saturated rings. The molecule has 0 aliphatic carbocycles. The highest BCUT2D eigenvalue weighted by Gasteiger charge is 2.39. The maximum absolute atomic E-state index is 12.8. The number of hydrogen-bond donors (Lipinski definition) is 0. The molecule has 0 saturated heterocycles. The van der Waals surface area contributed by atoms with Gasteiger partial charge in [0, 0.05) is 12.4 Å². The summed E-state index contributed by atoms with van der Waals surface area (Å²) in [5.74, 6) is -0.428. The van der Waals surface area contributed by atoms with Crippen molar-refractivity contribution >= 4 is 29.1 Å². The van der Waals surface area contributed by atoms with Gasteiger partial charge in [-0.2, -0.15) is 0 Å². The van der Waals surface area contributed by atoms with E-state index >= 15 is 0 Å². The molecule has 2 rings (SSSR count). The predicted molar refractivity (Wildman–Crippen MR) is 94.2 cm³/mol. The molecule has 0 N–H and O–H groups in total. The van der Waals surface area contributed by atoms with Gasteiger partial charge in [-0.1, -0.05) is 37.6 Å². The number of rotatable bonds is 6. The number of aryl methyl sites for hydroxylation is 2. The number of carbonyl (C=O) groups is 2. The number of ether oxygens (including phenoxy) is 1. The van der Waals surface area contributed by atoms with Crippen LogP contribution in [0.4, 0.5) is 0 Å². The second kappa shape index (κ2) is 7.32. The molecule has 1 aliphatic rings. The van der Waals surface area contributed by atoms with E-state index in [2.05, 4.69) is 0 Å². The lowest BCUT2D eigenvalue weighted by molar-refractivity contribution is -0.137. The Morgan fingerprint density at radius 2 is 1.87 bits per heavy atom. The number of thioether (sulfide) groups is 1. The summed E-state index contributed by atoms with van der Waals surface area (Å²) in [6.45, 7) is 8.66. The second-order valence-electron chi connectivity index (χ2n) is 5.94. The fourth-order valence-corrected chi connectivity index (χ4v) is 3.61. The van der Waals surface area contributed by atoms with Crippen LogP contribution in [0.3, 0.4) is 0 Å². The first-order chi connectivity index (χ1) is 10.9. The number of hydrogen-bond acceptors (Lipinski definition) is 4. The summed E-state index contributed by atoms with van der Waals surface area (Å²) in [5, 5.41) is 0.227. The highest BCUT2D eigenvalue weighted by molar-refractivity contribution is 8.04. The average Bonchev–Trinajstić information content (AvgIpc) is 2.69. The van der Waals surface area contributed by atoms with Gasteiger partial charge >= 0.3 is 0 Å². The molecule has 5 heteroatoms. The van der Waals surface area contributed by atoms with Crippen molar-refractivity contribution < 1.29 is 14.3 Å². The zero-order chi connectivity index (χ0) is 17.1. The Morgan fingerprint density at radius 1 is 1.17 bits per heavy atom. The highest BCUT2D eigenvalue weighted by Crippen LogP contribution is 2.38. The first-order valence-electron chi connectivity index (χ1n) is 7.70. The fraction of sp³-hybridized carbons (Fsp3) is 0.444. The number of methoxy groups -OCH3 is 1. The monoisotopic (exact) mass is 333 g/mol. The summed E-state index contributed by atoms with van der Waals surface area (Å²) < 4.78 is 5.03. The van der Waals surface area contributed by atoms with E-state index in [0.29, 0.717) is 17.1 Å². The minimum absolute atomic E-state index is 0.208. The molecule has 1 aromatic rings. The summed E-state index contributed by atoms with van der Waals surface area (Å²) in [5.41, 5.74) is 3.52. The van der Waals surface area contributed by atoms with Crippen LogP contribution in [0.1, 0.15) is 30.5 Å². The average molecular weight is 333 g/mol. The van der Waals surface area contributed by atoms with E-state index in [1.54, 1.807) is 7.11 Å². The maximum atomic E-state index is 12.8. The molecular formula is C18H23NO3S. The Balaban J connectivity index is 2.51. The van der Waals surface area contributed by atoms with Crippen molar-refractivity contribution in [2.24, 2.45) is 0 Å². The minimum Gasteiger partial charge on any atom is -0.383 e. The number of benzene rings is 1. The predicted octanol–water partition coefficient (Wildman–Crippen LogP) is 3.17. The van der Waals surface area contributed by atoms with Gasteiger partial charge < -0.3 is 4.74 Å². The summed E-state index contributed by atoms with van der Waals surface area (Å²) in [6, 6.07) is 5.95. The van der Waals surface area contributed by atoms with E-state index in [0.717, 1.165) is 16.7 Å². The van der Waals surface area contributed by atoms with Gasteiger partial charge in [0.25, 0.3) is 11.8 Å². The molecule has 0 atom stereocenters. The Bertz CT molecular complexity index is 664. The Hall–Kier alpha value is -1.59. The normalized spacial score (nSPS) is 15.3. The van der Waals surface area contributed by atoms with E-state index < -0.39 is 0 Å². The summed E-state index contributed by atoms with van der Waals surface area (Å²) in [6.07, 6.45) is 0. The lowest BCUT2D eigenvalue weighted by atomic mass is 9.99. The van der Waals surface area contributed by atoms with E-state index in [-0.39, 0.29) is 23.6 Å². The molecule has 23 heavy (non-hydrogen) atoms. The number of imide groups is 1. The van der Waals surface area contributed by atoms with E-state index in [9.17, 15) is 9.59 Å². The standard InChI is InChI=1S/C18H23NO3S/c1-11(2)23-16-15(14-7-6-12(3)10-13(14)4)17(20)19(18(16)21)8-9-22-5/h6-7,10-11H,8-9H2,1-5H3. The van der Waals surface area contributed by atoms with Gasteiger partial charge in [0.2, 0.25) is 0 Å². The maximum Gasteiger partial charge on any atom is 0.268 e. The van der Waals surface area contributed by atoms with Crippen molar-refractivity contribution in [1.82, 2.24) is 4.90 Å². The zero-order valence-corrected chi connectivity index (χ0v) is 15.1. The minimum atomic E-state index is -0.220. The first-order valence-corrected chi connectivity index (χ1v) is 8.58. The second-order valence-corrected chi connectivity index (χ2v) is 7.53. The van der Waals surface area contributed by atoms with Crippen molar-refractivity contribution in [2.75, 3.05) is 20.3 Å². The Labute approximate surface area is 141 Å². The molecule has 0 spiro atoms. The molecule has 0 saturated carbocycles.